The first-order valence-electron chi connectivity index (χ1n) is 10.6. The lowest BCUT2D eigenvalue weighted by atomic mass is 9.92. The van der Waals surface area contributed by atoms with Gasteiger partial charge in [0.25, 0.3) is 12.0 Å². The fraction of sp³-hybridized carbons (Fsp3) is 0.304. The molecule has 0 bridgehead atoms. The number of carbonyl (C=O) groups is 1. The Kier molecular flexibility index (Phi) is 6.60. The van der Waals surface area contributed by atoms with E-state index in [1.807, 2.05) is 6.92 Å². The molecule has 3 heterocycles. The first kappa shape index (κ1) is 23.7. The van der Waals surface area contributed by atoms with E-state index < -0.39 is 24.3 Å². The number of nitrogens with one attached hydrogen (secondary N) is 2. The Morgan fingerprint density at radius 3 is 2.76 bits per heavy atom. The fourth-order valence-corrected chi connectivity index (χ4v) is 4.50. The molecular weight excluding hydrogens is 471 g/mol. The van der Waals surface area contributed by atoms with Gasteiger partial charge in [0, 0.05) is 41.2 Å². The van der Waals surface area contributed by atoms with Crippen LogP contribution in [0.1, 0.15) is 49.6 Å². The lowest BCUT2D eigenvalue weighted by molar-refractivity contribution is 0.145. The van der Waals surface area contributed by atoms with Gasteiger partial charge in [-0.25, -0.2) is 23.1 Å². The number of aromatic amines is 1. The molecule has 2 N–H and O–H groups in total. The van der Waals surface area contributed by atoms with Gasteiger partial charge in [-0.1, -0.05) is 18.5 Å². The highest BCUT2D eigenvalue weighted by Gasteiger charge is 2.36. The van der Waals surface area contributed by atoms with Gasteiger partial charge in [0.05, 0.1) is 22.4 Å². The number of carbonyl (C=O) groups excluding carboxylic acids is 1. The van der Waals surface area contributed by atoms with E-state index in [2.05, 4.69) is 20.5 Å². The number of benzene rings is 1. The summed E-state index contributed by atoms with van der Waals surface area (Å²) in [5, 5.41) is 9.10. The molecule has 178 valence electrons. The molecule has 0 spiro atoms. The lowest BCUT2D eigenvalue weighted by Crippen LogP contribution is -2.49. The predicted octanol–water partition coefficient (Wildman–Crippen LogP) is 5.49. The summed E-state index contributed by atoms with van der Waals surface area (Å²) in [4.78, 5) is 30.1. The first-order chi connectivity index (χ1) is 16.2. The van der Waals surface area contributed by atoms with E-state index in [4.69, 9.17) is 11.6 Å². The molecule has 2 aromatic heterocycles. The second kappa shape index (κ2) is 9.46. The largest absolute Gasteiger partial charge is 0.322 e. The van der Waals surface area contributed by atoms with Gasteiger partial charge in [-0.05, 0) is 43.5 Å². The third-order valence-electron chi connectivity index (χ3n) is 5.91. The summed E-state index contributed by atoms with van der Waals surface area (Å²) in [6.07, 6.45) is 0.654. The molecule has 1 aliphatic heterocycles. The maximum Gasteiger partial charge on any atom is 0.322 e. The third-order valence-corrected chi connectivity index (χ3v) is 6.22. The fourth-order valence-electron chi connectivity index (χ4n) is 4.23. The lowest BCUT2D eigenvalue weighted by Gasteiger charge is -2.40. The molecule has 0 fully saturated rings. The minimum atomic E-state index is -2.73. The van der Waals surface area contributed by atoms with Crippen molar-refractivity contribution in [3.05, 3.63) is 74.7 Å². The maximum absolute atomic E-state index is 14.9. The van der Waals surface area contributed by atoms with E-state index in [9.17, 15) is 22.8 Å². The van der Waals surface area contributed by atoms with Gasteiger partial charge in [0.15, 0.2) is 0 Å². The standard InChI is InChI=1S/C23H21ClF3N5O2/c1-3-15-5-12-6-20(33)30-31-21(12)11(2)32(15)23(34)29-19-8-17(24)16(7-18(19)25)13-4-14(22(26)27)10-28-9-13/h4,6-11,15,22H,3,5H2,1-2H3,(H,29,34)(H,30,33). The molecule has 1 aromatic carbocycles. The molecular formula is C23H21ClF3N5O2. The van der Waals surface area contributed by atoms with Gasteiger partial charge in [0.1, 0.15) is 5.82 Å². The van der Waals surface area contributed by atoms with Crippen LogP contribution in [0.2, 0.25) is 5.02 Å². The summed E-state index contributed by atoms with van der Waals surface area (Å²) in [6.45, 7) is 3.69. The molecule has 2 atom stereocenters. The molecule has 0 radical (unpaired) electrons. The molecule has 0 aliphatic carbocycles. The molecule has 0 saturated heterocycles. The van der Waals surface area contributed by atoms with Crippen LogP contribution in [0.15, 0.2) is 41.5 Å². The molecule has 1 aliphatic rings. The van der Waals surface area contributed by atoms with Gasteiger partial charge in [-0.15, -0.1) is 0 Å². The van der Waals surface area contributed by atoms with E-state index >= 15 is 0 Å². The summed E-state index contributed by atoms with van der Waals surface area (Å²) in [6, 6.07) is 3.72. The molecule has 34 heavy (non-hydrogen) atoms. The Bertz CT molecular complexity index is 1300. The normalized spacial score (nSPS) is 17.6. The number of alkyl halides is 2. The van der Waals surface area contributed by atoms with Gasteiger partial charge >= 0.3 is 6.03 Å². The Morgan fingerprint density at radius 2 is 2.06 bits per heavy atom. The summed E-state index contributed by atoms with van der Waals surface area (Å²) >= 11 is 6.31. The highest BCUT2D eigenvalue weighted by Crippen LogP contribution is 2.36. The topological polar surface area (TPSA) is 91.0 Å². The Labute approximate surface area is 198 Å². The van der Waals surface area contributed by atoms with Gasteiger partial charge in [-0.3, -0.25) is 9.78 Å². The average molecular weight is 492 g/mol. The minimum absolute atomic E-state index is 0.0632. The zero-order valence-electron chi connectivity index (χ0n) is 18.3. The SMILES string of the molecule is CCC1Cc2cc(=O)[nH]nc2C(C)N1C(=O)Nc1cc(Cl)c(-c2cncc(C(F)F)c2)cc1F. The highest BCUT2D eigenvalue weighted by atomic mass is 35.5. The number of hydrogen-bond donors (Lipinski definition) is 2. The van der Waals surface area contributed by atoms with E-state index in [1.165, 1.54) is 24.4 Å². The van der Waals surface area contributed by atoms with Gasteiger partial charge < -0.3 is 10.2 Å². The van der Waals surface area contributed by atoms with E-state index in [0.29, 0.717) is 18.5 Å². The number of nitrogens with zero attached hydrogens (tertiary/aromatic N) is 3. The molecule has 11 heteroatoms. The molecule has 0 saturated carbocycles. The zero-order chi connectivity index (χ0) is 24.6. The number of urea groups is 1. The van der Waals surface area contributed by atoms with Crippen LogP contribution in [0.5, 0.6) is 0 Å². The van der Waals surface area contributed by atoms with Crippen LogP contribution >= 0.6 is 11.6 Å². The average Bonchev–Trinajstić information content (AvgIpc) is 2.80. The maximum atomic E-state index is 14.9. The Morgan fingerprint density at radius 1 is 1.29 bits per heavy atom. The van der Waals surface area contributed by atoms with Crippen molar-refractivity contribution in [2.75, 3.05) is 5.32 Å². The summed E-state index contributed by atoms with van der Waals surface area (Å²) in [5.41, 5.74) is 0.958. The second-order valence-corrected chi connectivity index (χ2v) is 8.45. The third kappa shape index (κ3) is 4.50. The van der Waals surface area contributed by atoms with Crippen molar-refractivity contribution in [1.82, 2.24) is 20.1 Å². The van der Waals surface area contributed by atoms with Crippen LogP contribution in [0.4, 0.5) is 23.7 Å². The number of rotatable bonds is 4. The summed E-state index contributed by atoms with van der Waals surface area (Å²) < 4.78 is 41.0. The van der Waals surface area contributed by atoms with E-state index in [0.717, 1.165) is 17.8 Å². The Balaban J connectivity index is 1.62. The van der Waals surface area contributed by atoms with Crippen molar-refractivity contribution in [2.24, 2.45) is 0 Å². The molecule has 3 aromatic rings. The first-order valence-corrected chi connectivity index (χ1v) is 11.0. The van der Waals surface area contributed by atoms with Crippen LogP contribution in [0.25, 0.3) is 11.1 Å². The van der Waals surface area contributed by atoms with Gasteiger partial charge in [0.2, 0.25) is 0 Å². The Hall–Kier alpha value is -3.40. The van der Waals surface area contributed by atoms with Crippen molar-refractivity contribution in [1.29, 1.82) is 0 Å². The van der Waals surface area contributed by atoms with Crippen LogP contribution in [-0.4, -0.2) is 32.2 Å². The second-order valence-electron chi connectivity index (χ2n) is 8.04. The van der Waals surface area contributed by atoms with Crippen molar-refractivity contribution in [2.45, 2.75) is 45.2 Å². The number of fused-ring (bicyclic) bond motifs is 1. The number of pyridine rings is 1. The number of anilines is 1. The highest BCUT2D eigenvalue weighted by molar-refractivity contribution is 6.33. The van der Waals surface area contributed by atoms with Gasteiger partial charge in [-0.2, -0.15) is 5.10 Å². The molecule has 7 nitrogen and oxygen atoms in total. The minimum Gasteiger partial charge on any atom is -0.313 e. The number of halogens is 4. The smallest absolute Gasteiger partial charge is 0.313 e. The monoisotopic (exact) mass is 491 g/mol. The van der Waals surface area contributed by atoms with Crippen LogP contribution in [0, 0.1) is 5.82 Å². The zero-order valence-corrected chi connectivity index (χ0v) is 19.0. The quantitative estimate of drug-likeness (QED) is 0.504. The van der Waals surface area contributed by atoms with Crippen molar-refractivity contribution in [3.63, 3.8) is 0 Å². The number of hydrogen-bond acceptors (Lipinski definition) is 4. The van der Waals surface area contributed by atoms with Crippen molar-refractivity contribution < 1.29 is 18.0 Å². The number of amides is 2. The van der Waals surface area contributed by atoms with Crippen molar-refractivity contribution in [3.8, 4) is 11.1 Å². The number of aromatic nitrogens is 3. The predicted molar refractivity (Wildman–Crippen MR) is 122 cm³/mol. The van der Waals surface area contributed by atoms with E-state index in [1.54, 1.807) is 11.8 Å². The van der Waals surface area contributed by atoms with Crippen LogP contribution in [0.3, 0.4) is 0 Å². The summed E-state index contributed by atoms with van der Waals surface area (Å²) in [5.74, 6) is -0.782. The number of H-pyrrole nitrogens is 1. The summed E-state index contributed by atoms with van der Waals surface area (Å²) in [7, 11) is 0. The molecule has 2 unspecified atom stereocenters. The molecule has 2 amide bonds. The van der Waals surface area contributed by atoms with Crippen molar-refractivity contribution >= 4 is 23.3 Å². The van der Waals surface area contributed by atoms with Crippen LogP contribution in [-0.2, 0) is 6.42 Å². The van der Waals surface area contributed by atoms with Crippen LogP contribution < -0.4 is 10.9 Å². The van der Waals surface area contributed by atoms with E-state index in [-0.39, 0.29) is 39.0 Å². The molecule has 4 rings (SSSR count).